The van der Waals surface area contributed by atoms with Gasteiger partial charge < -0.3 is 14.7 Å². The van der Waals surface area contributed by atoms with E-state index in [9.17, 15) is 14.7 Å². The number of thioether (sulfide) groups is 2. The quantitative estimate of drug-likeness (QED) is 0.243. The smallest absolute Gasteiger partial charge is 0.323 e. The average Bonchev–Trinajstić information content (AvgIpc) is 3.25. The minimum Gasteiger partial charge on any atom is -0.497 e. The number of anilines is 1. The van der Waals surface area contributed by atoms with Crippen molar-refractivity contribution >= 4 is 52.0 Å². The molecule has 2 N–H and O–H groups in total. The lowest BCUT2D eigenvalue weighted by molar-refractivity contribution is -0.138. The predicted molar refractivity (Wildman–Crippen MR) is 145 cm³/mol. The molecule has 2 aromatic rings. The zero-order valence-corrected chi connectivity index (χ0v) is 23.2. The number of hydrogen-bond donors (Lipinski definition) is 2. The minimum absolute atomic E-state index is 0.126. The molecule has 7 nitrogen and oxygen atoms in total. The van der Waals surface area contributed by atoms with Crippen molar-refractivity contribution in [1.29, 1.82) is 0 Å². The van der Waals surface area contributed by atoms with Crippen LogP contribution in [-0.2, 0) is 4.79 Å². The molecule has 1 saturated carbocycles. The number of thiazole rings is 1. The number of benzene rings is 1. The molecule has 0 spiro atoms. The van der Waals surface area contributed by atoms with Crippen molar-refractivity contribution in [1.82, 2.24) is 9.88 Å². The Morgan fingerprint density at radius 3 is 2.71 bits per heavy atom. The summed E-state index contributed by atoms with van der Waals surface area (Å²) in [6, 6.07) is 8.13. The summed E-state index contributed by atoms with van der Waals surface area (Å²) in [7, 11) is 1.67. The van der Waals surface area contributed by atoms with E-state index in [1.54, 1.807) is 38.9 Å². The molecule has 35 heavy (non-hydrogen) atoms. The summed E-state index contributed by atoms with van der Waals surface area (Å²) in [4.78, 5) is 32.2. The van der Waals surface area contributed by atoms with Gasteiger partial charge in [-0.3, -0.25) is 10.1 Å². The van der Waals surface area contributed by atoms with Crippen molar-refractivity contribution in [3.8, 4) is 5.75 Å². The SMILES string of the molecule is COc1cccc(SCCCN(C(=O)Nc2ncc(SC(C)(C)C(=O)O)s2)C2CCC(C)CC2)c1. The average molecular weight is 538 g/mol. The topological polar surface area (TPSA) is 91.8 Å². The Kier molecular flexibility index (Phi) is 10.2. The fourth-order valence-electron chi connectivity index (χ4n) is 3.94. The Bertz CT molecular complexity index is 990. The number of aliphatic carboxylic acids is 1. The van der Waals surface area contributed by atoms with Gasteiger partial charge in [-0.05, 0) is 75.8 Å². The molecular formula is C25H35N3O4S3. The standard InChI is InChI=1S/C25H35N3O4S3/c1-17-9-11-18(12-10-17)28(13-6-14-33-20-8-5-7-19(15-20)32-4)24(31)27-23-26-16-21(34-23)35-25(2,3)22(29)30/h5,7-8,15-18H,6,9-14H2,1-4H3,(H,29,30)(H,26,27,31). The molecule has 0 atom stereocenters. The highest BCUT2D eigenvalue weighted by molar-refractivity contribution is 8.03. The molecule has 10 heteroatoms. The molecule has 1 aromatic carbocycles. The molecule has 3 rings (SSSR count). The van der Waals surface area contributed by atoms with Gasteiger partial charge in [0.2, 0.25) is 0 Å². The third-order valence-corrected chi connectivity index (χ3v) is 9.39. The maximum absolute atomic E-state index is 13.3. The Morgan fingerprint density at radius 2 is 2.03 bits per heavy atom. The number of amides is 2. The monoisotopic (exact) mass is 537 g/mol. The molecule has 1 fully saturated rings. The summed E-state index contributed by atoms with van der Waals surface area (Å²) in [6.07, 6.45) is 6.82. The summed E-state index contributed by atoms with van der Waals surface area (Å²) in [5, 5.41) is 12.8. The number of methoxy groups -OCH3 is 1. The first kappa shape index (κ1) is 27.7. The van der Waals surface area contributed by atoms with Gasteiger partial charge in [0.1, 0.15) is 10.5 Å². The van der Waals surface area contributed by atoms with E-state index in [2.05, 4.69) is 23.3 Å². The van der Waals surface area contributed by atoms with Gasteiger partial charge in [0.05, 0.1) is 17.5 Å². The number of aromatic nitrogens is 1. The Morgan fingerprint density at radius 1 is 1.29 bits per heavy atom. The van der Waals surface area contributed by atoms with E-state index in [-0.39, 0.29) is 12.1 Å². The zero-order valence-electron chi connectivity index (χ0n) is 20.8. The maximum Gasteiger partial charge on any atom is 0.323 e. The first-order valence-electron chi connectivity index (χ1n) is 11.9. The highest BCUT2D eigenvalue weighted by Gasteiger charge is 2.30. The van der Waals surface area contributed by atoms with Gasteiger partial charge in [-0.25, -0.2) is 9.78 Å². The summed E-state index contributed by atoms with van der Waals surface area (Å²) >= 11 is 4.31. The summed E-state index contributed by atoms with van der Waals surface area (Å²) < 4.78 is 5.11. The number of carbonyl (C=O) groups is 2. The number of hydrogen-bond acceptors (Lipinski definition) is 7. The van der Waals surface area contributed by atoms with Crippen LogP contribution < -0.4 is 10.1 Å². The van der Waals surface area contributed by atoms with Gasteiger partial charge in [0.15, 0.2) is 5.13 Å². The Labute approximate surface area is 220 Å². The van der Waals surface area contributed by atoms with Crippen LogP contribution in [0.15, 0.2) is 39.6 Å². The van der Waals surface area contributed by atoms with E-state index >= 15 is 0 Å². The van der Waals surface area contributed by atoms with Crippen molar-refractivity contribution in [3.63, 3.8) is 0 Å². The molecule has 0 unspecified atom stereocenters. The first-order chi connectivity index (χ1) is 16.7. The second-order valence-electron chi connectivity index (χ2n) is 9.32. The number of nitrogens with one attached hydrogen (secondary N) is 1. The van der Waals surface area contributed by atoms with Crippen LogP contribution in [-0.4, -0.2) is 57.2 Å². The lowest BCUT2D eigenvalue weighted by atomic mass is 9.86. The second-order valence-corrected chi connectivity index (χ2v) is 13.4. The minimum atomic E-state index is -0.959. The van der Waals surface area contributed by atoms with Crippen molar-refractivity contribution < 1.29 is 19.4 Å². The lowest BCUT2D eigenvalue weighted by Gasteiger charge is -2.36. The fraction of sp³-hybridized carbons (Fsp3) is 0.560. The molecule has 0 aliphatic heterocycles. The van der Waals surface area contributed by atoms with Gasteiger partial charge in [-0.15, -0.1) is 11.8 Å². The molecule has 192 valence electrons. The second kappa shape index (κ2) is 12.9. The van der Waals surface area contributed by atoms with Crippen LogP contribution in [0.25, 0.3) is 0 Å². The van der Waals surface area contributed by atoms with Crippen molar-refractivity contribution in [2.45, 2.75) is 72.8 Å². The van der Waals surface area contributed by atoms with Crippen molar-refractivity contribution in [3.05, 3.63) is 30.5 Å². The fourth-order valence-corrected chi connectivity index (χ4v) is 7.09. The van der Waals surface area contributed by atoms with E-state index < -0.39 is 10.7 Å². The predicted octanol–water partition coefficient (Wildman–Crippen LogP) is 6.70. The number of urea groups is 1. The van der Waals surface area contributed by atoms with Gasteiger partial charge in [-0.1, -0.05) is 36.1 Å². The highest BCUT2D eigenvalue weighted by Crippen LogP contribution is 2.37. The highest BCUT2D eigenvalue weighted by atomic mass is 32.2. The van der Waals surface area contributed by atoms with Crippen molar-refractivity contribution in [2.24, 2.45) is 5.92 Å². The van der Waals surface area contributed by atoms with Crippen LogP contribution in [0.2, 0.25) is 0 Å². The van der Waals surface area contributed by atoms with Crippen LogP contribution >= 0.6 is 34.9 Å². The number of rotatable bonds is 11. The molecule has 1 aromatic heterocycles. The number of nitrogens with zero attached hydrogens (tertiary/aromatic N) is 2. The van der Waals surface area contributed by atoms with Crippen molar-refractivity contribution in [2.75, 3.05) is 24.7 Å². The zero-order chi connectivity index (χ0) is 25.4. The van der Waals surface area contributed by atoms with Crippen LogP contribution in [0.4, 0.5) is 9.93 Å². The van der Waals surface area contributed by atoms with E-state index in [0.29, 0.717) is 17.6 Å². The number of ether oxygens (including phenoxy) is 1. The molecular weight excluding hydrogens is 502 g/mol. The molecule has 1 aliphatic rings. The number of carboxylic acid groups (broad SMARTS) is 1. The van der Waals surface area contributed by atoms with Gasteiger partial charge in [0, 0.05) is 17.5 Å². The number of carboxylic acids is 1. The normalized spacial score (nSPS) is 18.2. The molecule has 1 aliphatic carbocycles. The van der Waals surface area contributed by atoms with Crippen LogP contribution in [0.3, 0.4) is 0 Å². The third-order valence-electron chi connectivity index (χ3n) is 6.11. The lowest BCUT2D eigenvalue weighted by Crippen LogP contribution is -2.45. The van der Waals surface area contributed by atoms with Gasteiger partial charge >= 0.3 is 12.0 Å². The van der Waals surface area contributed by atoms with E-state index in [4.69, 9.17) is 4.74 Å². The van der Waals surface area contributed by atoms with E-state index in [1.165, 1.54) is 23.1 Å². The number of carbonyl (C=O) groups excluding carboxylic acids is 1. The largest absolute Gasteiger partial charge is 0.497 e. The van der Waals surface area contributed by atoms with Crippen LogP contribution in [0.1, 0.15) is 52.9 Å². The molecule has 0 radical (unpaired) electrons. The molecule has 1 heterocycles. The van der Waals surface area contributed by atoms with E-state index in [0.717, 1.165) is 52.7 Å². The molecule has 0 bridgehead atoms. The Balaban J connectivity index is 1.59. The van der Waals surface area contributed by atoms with Gasteiger partial charge in [-0.2, -0.15) is 0 Å². The van der Waals surface area contributed by atoms with Crippen LogP contribution in [0.5, 0.6) is 5.75 Å². The maximum atomic E-state index is 13.3. The summed E-state index contributed by atoms with van der Waals surface area (Å²) in [5.41, 5.74) is 0. The molecule has 2 amide bonds. The Hall–Kier alpha value is -1.91. The van der Waals surface area contributed by atoms with Crippen LogP contribution in [0, 0.1) is 5.92 Å². The summed E-state index contributed by atoms with van der Waals surface area (Å²) in [5.74, 6) is 1.57. The summed E-state index contributed by atoms with van der Waals surface area (Å²) in [6.45, 7) is 6.28. The first-order valence-corrected chi connectivity index (χ1v) is 14.5. The molecule has 0 saturated heterocycles. The third kappa shape index (κ3) is 8.32. The van der Waals surface area contributed by atoms with Gasteiger partial charge in [0.25, 0.3) is 0 Å². The van der Waals surface area contributed by atoms with E-state index in [1.807, 2.05) is 23.1 Å².